The molecule has 1 atom stereocenters. The Morgan fingerprint density at radius 2 is 2.11 bits per heavy atom. The summed E-state index contributed by atoms with van der Waals surface area (Å²) < 4.78 is 11.1. The average molecular weight is 251 g/mol. The van der Waals surface area contributed by atoms with Gasteiger partial charge in [0, 0.05) is 18.5 Å². The number of morpholine rings is 1. The molecule has 1 aromatic rings. The minimum Gasteiger partial charge on any atom is -0.367 e. The standard InChI is InChI=1S/C13H21N3O2/c1-13(5-3-2-4-6-13)12-15-11(16-18-12)10-9-14-7-8-17-10/h10,14H,2-9H2,1H3. The van der Waals surface area contributed by atoms with Crippen molar-refractivity contribution in [3.8, 4) is 0 Å². The highest BCUT2D eigenvalue weighted by atomic mass is 16.5. The Hall–Kier alpha value is -0.940. The summed E-state index contributed by atoms with van der Waals surface area (Å²) >= 11 is 0. The summed E-state index contributed by atoms with van der Waals surface area (Å²) in [5.41, 5.74) is 0.0750. The average Bonchev–Trinajstić information content (AvgIpc) is 2.91. The molecular weight excluding hydrogens is 230 g/mol. The quantitative estimate of drug-likeness (QED) is 0.870. The van der Waals surface area contributed by atoms with Crippen LogP contribution >= 0.6 is 0 Å². The second-order valence-corrected chi connectivity index (χ2v) is 5.64. The van der Waals surface area contributed by atoms with Crippen LogP contribution in [0.3, 0.4) is 0 Å². The molecule has 3 rings (SSSR count). The van der Waals surface area contributed by atoms with Crippen LogP contribution in [0.15, 0.2) is 4.52 Å². The Bertz CT molecular complexity index is 393. The van der Waals surface area contributed by atoms with E-state index in [-0.39, 0.29) is 11.5 Å². The number of hydrogen-bond acceptors (Lipinski definition) is 5. The van der Waals surface area contributed by atoms with E-state index in [2.05, 4.69) is 22.4 Å². The number of aromatic nitrogens is 2. The molecule has 100 valence electrons. The second kappa shape index (κ2) is 4.97. The molecule has 0 bridgehead atoms. The summed E-state index contributed by atoms with van der Waals surface area (Å²) in [5.74, 6) is 1.50. The van der Waals surface area contributed by atoms with Crippen molar-refractivity contribution in [2.24, 2.45) is 0 Å². The third kappa shape index (κ3) is 2.29. The topological polar surface area (TPSA) is 60.2 Å². The van der Waals surface area contributed by atoms with Crippen LogP contribution in [0.4, 0.5) is 0 Å². The van der Waals surface area contributed by atoms with Gasteiger partial charge in [-0.05, 0) is 12.8 Å². The van der Waals surface area contributed by atoms with Gasteiger partial charge >= 0.3 is 0 Å². The van der Waals surface area contributed by atoms with Crippen LogP contribution in [0.2, 0.25) is 0 Å². The predicted molar refractivity (Wildman–Crippen MR) is 66.3 cm³/mol. The lowest BCUT2D eigenvalue weighted by molar-refractivity contribution is 0.0208. The molecule has 0 amide bonds. The normalized spacial score (nSPS) is 28.2. The van der Waals surface area contributed by atoms with Gasteiger partial charge < -0.3 is 14.6 Å². The van der Waals surface area contributed by atoms with Gasteiger partial charge in [-0.15, -0.1) is 0 Å². The summed E-state index contributed by atoms with van der Waals surface area (Å²) in [6, 6.07) is 0. The highest BCUT2D eigenvalue weighted by Crippen LogP contribution is 2.38. The number of nitrogens with zero attached hydrogens (tertiary/aromatic N) is 2. The summed E-state index contributed by atoms with van der Waals surface area (Å²) in [6.45, 7) is 4.63. The Balaban J connectivity index is 1.75. The van der Waals surface area contributed by atoms with Gasteiger partial charge in [-0.2, -0.15) is 4.98 Å². The van der Waals surface area contributed by atoms with E-state index in [9.17, 15) is 0 Å². The maximum Gasteiger partial charge on any atom is 0.232 e. The molecule has 5 heteroatoms. The zero-order chi connectivity index (χ0) is 12.4. The molecule has 1 saturated carbocycles. The minimum atomic E-state index is -0.0524. The number of hydrogen-bond donors (Lipinski definition) is 1. The Morgan fingerprint density at radius 1 is 1.28 bits per heavy atom. The van der Waals surface area contributed by atoms with Crippen molar-refractivity contribution < 1.29 is 9.26 Å². The fourth-order valence-electron chi connectivity index (χ4n) is 2.89. The molecule has 1 saturated heterocycles. The molecule has 2 heterocycles. The summed E-state index contributed by atoms with van der Waals surface area (Å²) in [5, 5.41) is 7.39. The molecule has 1 aliphatic carbocycles. The Labute approximate surface area is 107 Å². The Morgan fingerprint density at radius 3 is 2.83 bits per heavy atom. The molecule has 1 aromatic heterocycles. The number of rotatable bonds is 2. The van der Waals surface area contributed by atoms with Gasteiger partial charge in [0.2, 0.25) is 11.7 Å². The van der Waals surface area contributed by atoms with Crippen molar-refractivity contribution in [1.29, 1.82) is 0 Å². The maximum atomic E-state index is 5.65. The first-order valence-electron chi connectivity index (χ1n) is 6.94. The van der Waals surface area contributed by atoms with E-state index in [0.717, 1.165) is 31.8 Å². The minimum absolute atomic E-state index is 0.0524. The lowest BCUT2D eigenvalue weighted by atomic mass is 9.75. The van der Waals surface area contributed by atoms with Gasteiger partial charge in [0.1, 0.15) is 6.10 Å². The summed E-state index contributed by atoms with van der Waals surface area (Å²) in [7, 11) is 0. The van der Waals surface area contributed by atoms with Crippen LogP contribution in [0.25, 0.3) is 0 Å². The van der Waals surface area contributed by atoms with Gasteiger partial charge in [-0.3, -0.25) is 0 Å². The molecule has 2 aliphatic rings. The smallest absolute Gasteiger partial charge is 0.232 e. The first-order chi connectivity index (χ1) is 8.78. The summed E-state index contributed by atoms with van der Waals surface area (Å²) in [4.78, 5) is 4.59. The van der Waals surface area contributed by atoms with Crippen molar-refractivity contribution in [3.05, 3.63) is 11.7 Å². The van der Waals surface area contributed by atoms with Crippen molar-refractivity contribution >= 4 is 0 Å². The zero-order valence-electron chi connectivity index (χ0n) is 10.9. The highest BCUT2D eigenvalue weighted by Gasteiger charge is 2.35. The van der Waals surface area contributed by atoms with Gasteiger partial charge in [-0.1, -0.05) is 31.3 Å². The van der Waals surface area contributed by atoms with E-state index < -0.39 is 0 Å². The molecule has 5 nitrogen and oxygen atoms in total. The summed E-state index contributed by atoms with van der Waals surface area (Å²) in [6.07, 6.45) is 6.09. The molecule has 1 unspecified atom stereocenters. The van der Waals surface area contributed by atoms with E-state index in [1.165, 1.54) is 19.3 Å². The fourth-order valence-corrected chi connectivity index (χ4v) is 2.89. The molecule has 1 aliphatic heterocycles. The predicted octanol–water partition coefficient (Wildman–Crippen LogP) is 1.95. The van der Waals surface area contributed by atoms with E-state index in [1.807, 2.05) is 0 Å². The molecule has 0 spiro atoms. The zero-order valence-corrected chi connectivity index (χ0v) is 10.9. The van der Waals surface area contributed by atoms with E-state index in [0.29, 0.717) is 12.4 Å². The van der Waals surface area contributed by atoms with Crippen LogP contribution in [0.1, 0.15) is 56.8 Å². The van der Waals surface area contributed by atoms with Crippen LogP contribution in [-0.2, 0) is 10.2 Å². The van der Waals surface area contributed by atoms with Crippen LogP contribution in [0.5, 0.6) is 0 Å². The SMILES string of the molecule is CC1(c2nc(C3CNCCO3)no2)CCCCC1. The van der Waals surface area contributed by atoms with Crippen LogP contribution in [-0.4, -0.2) is 29.8 Å². The number of ether oxygens (including phenoxy) is 1. The Kier molecular flexibility index (Phi) is 3.35. The molecule has 2 fully saturated rings. The van der Waals surface area contributed by atoms with E-state index in [1.54, 1.807) is 0 Å². The number of nitrogens with one attached hydrogen (secondary N) is 1. The third-order valence-electron chi connectivity index (χ3n) is 4.13. The van der Waals surface area contributed by atoms with Crippen molar-refractivity contribution in [2.75, 3.05) is 19.7 Å². The van der Waals surface area contributed by atoms with Crippen LogP contribution < -0.4 is 5.32 Å². The van der Waals surface area contributed by atoms with Gasteiger partial charge in [0.05, 0.1) is 6.61 Å². The highest BCUT2D eigenvalue weighted by molar-refractivity contribution is 5.06. The van der Waals surface area contributed by atoms with Gasteiger partial charge in [0.15, 0.2) is 0 Å². The largest absolute Gasteiger partial charge is 0.367 e. The van der Waals surface area contributed by atoms with E-state index in [4.69, 9.17) is 9.26 Å². The molecule has 1 N–H and O–H groups in total. The third-order valence-corrected chi connectivity index (χ3v) is 4.13. The first-order valence-corrected chi connectivity index (χ1v) is 6.94. The lowest BCUT2D eigenvalue weighted by Crippen LogP contribution is -2.34. The monoisotopic (exact) mass is 251 g/mol. The fraction of sp³-hybridized carbons (Fsp3) is 0.846. The van der Waals surface area contributed by atoms with Crippen LogP contribution in [0, 0.1) is 0 Å². The lowest BCUT2D eigenvalue weighted by Gasteiger charge is -2.29. The van der Waals surface area contributed by atoms with E-state index >= 15 is 0 Å². The maximum absolute atomic E-state index is 5.65. The molecule has 0 radical (unpaired) electrons. The second-order valence-electron chi connectivity index (χ2n) is 5.64. The first kappa shape index (κ1) is 12.1. The molecular formula is C13H21N3O2. The van der Waals surface area contributed by atoms with Crippen molar-refractivity contribution in [3.63, 3.8) is 0 Å². The van der Waals surface area contributed by atoms with Gasteiger partial charge in [-0.25, -0.2) is 0 Å². The molecule has 18 heavy (non-hydrogen) atoms. The molecule has 0 aromatic carbocycles. The van der Waals surface area contributed by atoms with Crippen molar-refractivity contribution in [1.82, 2.24) is 15.5 Å². The van der Waals surface area contributed by atoms with Gasteiger partial charge in [0.25, 0.3) is 0 Å². The van der Waals surface area contributed by atoms with Crippen molar-refractivity contribution in [2.45, 2.75) is 50.5 Å².